The van der Waals surface area contributed by atoms with Crippen molar-refractivity contribution in [1.29, 1.82) is 0 Å². The van der Waals surface area contributed by atoms with Crippen LogP contribution in [0, 0.1) is 0 Å². The van der Waals surface area contributed by atoms with Crippen LogP contribution in [0.15, 0.2) is 42.7 Å². The number of aryl methyl sites for hydroxylation is 2. The topological polar surface area (TPSA) is 36.4 Å². The van der Waals surface area contributed by atoms with Gasteiger partial charge in [0.15, 0.2) is 0 Å². The van der Waals surface area contributed by atoms with Crippen molar-refractivity contribution in [3.63, 3.8) is 0 Å². The molecular weight excluding hydrogens is 358 g/mol. The fraction of sp³-hybridized carbons (Fsp3) is 0.455. The van der Waals surface area contributed by atoms with E-state index < -0.39 is 0 Å². The highest BCUT2D eigenvalue weighted by atomic mass is 35.5. The molecule has 0 fully saturated rings. The Balaban J connectivity index is 0.00000261. The molecule has 1 heterocycles. The molecule has 27 heavy (non-hydrogen) atoms. The number of hydrogen-bond acceptors (Lipinski definition) is 3. The van der Waals surface area contributed by atoms with Crippen molar-refractivity contribution in [2.24, 2.45) is 0 Å². The molecule has 1 aromatic carbocycles. The molecular formula is C22H30ClN3O. The number of likely N-dealkylation sites (N-methyl/N-ethyl adjacent to an activating group) is 1. The van der Waals surface area contributed by atoms with Crippen LogP contribution in [0.3, 0.4) is 0 Å². The predicted molar refractivity (Wildman–Crippen MR) is 112 cm³/mol. The van der Waals surface area contributed by atoms with E-state index in [4.69, 9.17) is 0 Å². The van der Waals surface area contributed by atoms with E-state index in [9.17, 15) is 4.79 Å². The lowest BCUT2D eigenvalue weighted by atomic mass is 9.90. The van der Waals surface area contributed by atoms with E-state index in [1.807, 2.05) is 37.3 Å². The molecule has 3 rings (SSSR count). The van der Waals surface area contributed by atoms with E-state index in [2.05, 4.69) is 28.1 Å². The Morgan fingerprint density at radius 1 is 1.04 bits per heavy atom. The maximum Gasteiger partial charge on any atom is 0.227 e. The zero-order valence-corrected chi connectivity index (χ0v) is 17.2. The van der Waals surface area contributed by atoms with E-state index in [0.717, 1.165) is 30.6 Å². The summed E-state index contributed by atoms with van der Waals surface area (Å²) < 4.78 is 0. The lowest BCUT2D eigenvalue weighted by Crippen LogP contribution is -2.37. The number of aromatic nitrogens is 1. The van der Waals surface area contributed by atoms with E-state index in [1.165, 1.54) is 30.4 Å². The molecule has 1 aromatic heterocycles. The molecule has 146 valence electrons. The number of halogens is 1. The second-order valence-electron chi connectivity index (χ2n) is 7.47. The van der Waals surface area contributed by atoms with Crippen molar-refractivity contribution >= 4 is 18.3 Å². The molecule has 1 amide bonds. The van der Waals surface area contributed by atoms with Gasteiger partial charge in [-0.05, 0) is 68.1 Å². The van der Waals surface area contributed by atoms with Gasteiger partial charge in [0.1, 0.15) is 0 Å². The number of hydrogen-bond donors (Lipinski definition) is 0. The van der Waals surface area contributed by atoms with Crippen LogP contribution in [0.2, 0.25) is 0 Å². The molecule has 5 heteroatoms. The lowest BCUT2D eigenvalue weighted by Gasteiger charge is -2.25. The molecule has 1 aliphatic rings. The fourth-order valence-electron chi connectivity index (χ4n) is 3.51. The van der Waals surface area contributed by atoms with Crippen LogP contribution in [0.5, 0.6) is 0 Å². The highest BCUT2D eigenvalue weighted by Gasteiger charge is 2.16. The number of amides is 1. The van der Waals surface area contributed by atoms with Gasteiger partial charge < -0.3 is 9.80 Å². The Labute approximate surface area is 169 Å². The summed E-state index contributed by atoms with van der Waals surface area (Å²) in [4.78, 5) is 21.2. The van der Waals surface area contributed by atoms with Gasteiger partial charge in [-0.1, -0.05) is 24.3 Å². The number of pyridine rings is 1. The van der Waals surface area contributed by atoms with Gasteiger partial charge in [0.2, 0.25) is 5.91 Å². The Kier molecular flexibility index (Phi) is 8.26. The third-order valence-electron chi connectivity index (χ3n) is 5.03. The quantitative estimate of drug-likeness (QED) is 0.729. The Bertz CT molecular complexity index is 734. The molecule has 0 atom stereocenters. The smallest absolute Gasteiger partial charge is 0.227 e. The van der Waals surface area contributed by atoms with Gasteiger partial charge in [-0.25, -0.2) is 0 Å². The van der Waals surface area contributed by atoms with Crippen molar-refractivity contribution in [3.8, 4) is 0 Å². The summed E-state index contributed by atoms with van der Waals surface area (Å²) in [6.07, 6.45) is 8.96. The molecule has 0 aliphatic heterocycles. The average Bonchev–Trinajstić information content (AvgIpc) is 2.65. The molecule has 0 spiro atoms. The van der Waals surface area contributed by atoms with Gasteiger partial charge in [-0.15, -0.1) is 12.4 Å². The first-order valence-corrected chi connectivity index (χ1v) is 9.54. The van der Waals surface area contributed by atoms with Crippen molar-refractivity contribution in [2.45, 2.75) is 38.6 Å². The largest absolute Gasteiger partial charge is 0.337 e. The van der Waals surface area contributed by atoms with Crippen LogP contribution < -0.4 is 0 Å². The van der Waals surface area contributed by atoms with Crippen LogP contribution >= 0.6 is 12.4 Å². The molecule has 0 saturated heterocycles. The minimum atomic E-state index is 0. The molecule has 2 aromatic rings. The summed E-state index contributed by atoms with van der Waals surface area (Å²) in [5, 5.41) is 0. The van der Waals surface area contributed by atoms with Crippen LogP contribution in [0.1, 0.15) is 35.1 Å². The summed E-state index contributed by atoms with van der Waals surface area (Å²) in [5.41, 5.74) is 5.11. The highest BCUT2D eigenvalue weighted by Crippen LogP contribution is 2.22. The van der Waals surface area contributed by atoms with Crippen LogP contribution in [0.25, 0.3) is 0 Å². The maximum atomic E-state index is 13.0. The standard InChI is InChI=1S/C22H29N3O.ClH/c1-24(2)12-13-25(17-19-6-5-11-23-16-19)22(26)15-18-9-10-20-7-3-4-8-21(20)14-18;/h5-6,9-11,14,16H,3-4,7-8,12-13,15,17H2,1-2H3;1H. The SMILES string of the molecule is CN(C)CCN(Cc1cccnc1)C(=O)Cc1ccc2c(c1)CCCC2.Cl. The summed E-state index contributed by atoms with van der Waals surface area (Å²) in [7, 11) is 4.08. The number of fused-ring (bicyclic) bond motifs is 1. The second-order valence-corrected chi connectivity index (χ2v) is 7.47. The van der Waals surface area contributed by atoms with Gasteiger partial charge in [0.25, 0.3) is 0 Å². The van der Waals surface area contributed by atoms with E-state index in [-0.39, 0.29) is 18.3 Å². The molecule has 0 N–H and O–H groups in total. The number of rotatable bonds is 7. The molecule has 0 radical (unpaired) electrons. The van der Waals surface area contributed by atoms with Crippen molar-refractivity contribution in [2.75, 3.05) is 27.2 Å². The zero-order chi connectivity index (χ0) is 18.4. The minimum absolute atomic E-state index is 0. The number of nitrogens with zero attached hydrogens (tertiary/aromatic N) is 3. The minimum Gasteiger partial charge on any atom is -0.337 e. The third kappa shape index (κ3) is 6.33. The average molecular weight is 388 g/mol. The predicted octanol–water partition coefficient (Wildman–Crippen LogP) is 3.52. The Morgan fingerprint density at radius 2 is 1.81 bits per heavy atom. The number of carbonyl (C=O) groups excluding carboxylic acids is 1. The van der Waals surface area contributed by atoms with Gasteiger partial charge in [-0.3, -0.25) is 9.78 Å². The first-order valence-electron chi connectivity index (χ1n) is 9.54. The van der Waals surface area contributed by atoms with Gasteiger partial charge in [0, 0.05) is 32.0 Å². The van der Waals surface area contributed by atoms with Gasteiger partial charge >= 0.3 is 0 Å². The second kappa shape index (κ2) is 10.4. The van der Waals surface area contributed by atoms with Gasteiger partial charge in [0.05, 0.1) is 6.42 Å². The molecule has 0 saturated carbocycles. The Hall–Kier alpha value is -1.91. The first kappa shape index (κ1) is 21.4. The van der Waals surface area contributed by atoms with E-state index in [1.54, 1.807) is 6.20 Å². The fourth-order valence-corrected chi connectivity index (χ4v) is 3.51. The third-order valence-corrected chi connectivity index (χ3v) is 5.03. The number of benzene rings is 1. The van der Waals surface area contributed by atoms with Crippen LogP contribution in [0.4, 0.5) is 0 Å². The summed E-state index contributed by atoms with van der Waals surface area (Å²) in [6, 6.07) is 10.6. The number of carbonyl (C=O) groups is 1. The normalized spacial score (nSPS) is 13.0. The summed E-state index contributed by atoms with van der Waals surface area (Å²) >= 11 is 0. The molecule has 1 aliphatic carbocycles. The maximum absolute atomic E-state index is 13.0. The molecule has 0 bridgehead atoms. The van der Waals surface area contributed by atoms with Crippen molar-refractivity contribution < 1.29 is 4.79 Å². The highest BCUT2D eigenvalue weighted by molar-refractivity contribution is 5.85. The van der Waals surface area contributed by atoms with Gasteiger partial charge in [-0.2, -0.15) is 0 Å². The first-order chi connectivity index (χ1) is 12.6. The van der Waals surface area contributed by atoms with Crippen LogP contribution in [-0.2, 0) is 30.6 Å². The summed E-state index contributed by atoms with van der Waals surface area (Å²) in [6.45, 7) is 2.20. The molecule has 0 unspecified atom stereocenters. The monoisotopic (exact) mass is 387 g/mol. The summed E-state index contributed by atoms with van der Waals surface area (Å²) in [5.74, 6) is 0.187. The van der Waals surface area contributed by atoms with Crippen molar-refractivity contribution in [3.05, 3.63) is 65.0 Å². The molecule has 4 nitrogen and oxygen atoms in total. The zero-order valence-electron chi connectivity index (χ0n) is 16.4. The van der Waals surface area contributed by atoms with Crippen molar-refractivity contribution in [1.82, 2.24) is 14.8 Å². The van der Waals surface area contributed by atoms with E-state index in [0.29, 0.717) is 13.0 Å². The van der Waals surface area contributed by atoms with E-state index >= 15 is 0 Å². The lowest BCUT2D eigenvalue weighted by molar-refractivity contribution is -0.131. The Morgan fingerprint density at radius 3 is 2.52 bits per heavy atom. The van der Waals surface area contributed by atoms with Crippen LogP contribution in [-0.4, -0.2) is 47.9 Å².